The van der Waals surface area contributed by atoms with E-state index in [4.69, 9.17) is 5.11 Å². The summed E-state index contributed by atoms with van der Waals surface area (Å²) in [5.41, 5.74) is 0.148. The lowest BCUT2D eigenvalue weighted by molar-refractivity contribution is -0.137. The van der Waals surface area contributed by atoms with Crippen molar-refractivity contribution in [3.05, 3.63) is 6.42 Å². The quantitative estimate of drug-likeness (QED) is 0.690. The predicted octanol–water partition coefficient (Wildman–Crippen LogP) is 2.74. The van der Waals surface area contributed by atoms with Crippen molar-refractivity contribution in [3.8, 4) is 0 Å². The molecule has 71 valence electrons. The Morgan fingerprint density at radius 2 is 2.08 bits per heavy atom. The Hall–Kier alpha value is -0.530. The Kier molecular flexibility index (Phi) is 4.29. The van der Waals surface area contributed by atoms with Crippen LogP contribution in [0.25, 0.3) is 0 Å². The number of carboxylic acid groups (broad SMARTS) is 1. The van der Waals surface area contributed by atoms with Gasteiger partial charge < -0.3 is 5.11 Å². The molecule has 0 spiro atoms. The van der Waals surface area contributed by atoms with Gasteiger partial charge in [-0.25, -0.2) is 0 Å². The first-order valence-electron chi connectivity index (χ1n) is 4.42. The van der Waals surface area contributed by atoms with E-state index in [0.717, 1.165) is 6.42 Å². The van der Waals surface area contributed by atoms with Gasteiger partial charge in [0.05, 0.1) is 0 Å². The molecule has 0 rings (SSSR count). The van der Waals surface area contributed by atoms with E-state index in [1.807, 2.05) is 6.92 Å². The van der Waals surface area contributed by atoms with E-state index >= 15 is 0 Å². The lowest BCUT2D eigenvalue weighted by Crippen LogP contribution is -2.21. The van der Waals surface area contributed by atoms with E-state index in [9.17, 15) is 4.79 Å². The number of rotatable bonds is 5. The molecule has 1 radical (unpaired) electrons. The fourth-order valence-electron chi connectivity index (χ4n) is 0.997. The third-order valence-corrected chi connectivity index (χ3v) is 2.81. The molecule has 0 aliphatic rings. The van der Waals surface area contributed by atoms with Crippen LogP contribution in [-0.2, 0) is 4.79 Å². The molecule has 0 saturated heterocycles. The SMILES string of the molecule is C[CH]C(C)(C)C(C)CCC(=O)O. The summed E-state index contributed by atoms with van der Waals surface area (Å²) in [6.45, 7) is 8.40. The van der Waals surface area contributed by atoms with Gasteiger partial charge in [-0.2, -0.15) is 0 Å². The van der Waals surface area contributed by atoms with E-state index in [-0.39, 0.29) is 11.8 Å². The lowest BCUT2D eigenvalue weighted by Gasteiger charge is -2.29. The van der Waals surface area contributed by atoms with Gasteiger partial charge in [-0.1, -0.05) is 27.7 Å². The van der Waals surface area contributed by atoms with E-state index < -0.39 is 5.97 Å². The highest BCUT2D eigenvalue weighted by atomic mass is 16.4. The van der Waals surface area contributed by atoms with Crippen molar-refractivity contribution in [2.24, 2.45) is 11.3 Å². The summed E-state index contributed by atoms with van der Waals surface area (Å²) in [5, 5.41) is 8.49. The van der Waals surface area contributed by atoms with Crippen molar-refractivity contribution in [1.29, 1.82) is 0 Å². The molecule has 0 amide bonds. The maximum absolute atomic E-state index is 10.3. The first-order chi connectivity index (χ1) is 5.40. The highest BCUT2D eigenvalue weighted by Crippen LogP contribution is 2.32. The molecule has 0 saturated carbocycles. The molecule has 0 aromatic carbocycles. The molecule has 12 heavy (non-hydrogen) atoms. The van der Waals surface area contributed by atoms with E-state index in [0.29, 0.717) is 5.92 Å². The third-order valence-electron chi connectivity index (χ3n) is 2.81. The molecule has 0 aromatic rings. The normalized spacial score (nSPS) is 14.3. The monoisotopic (exact) mass is 171 g/mol. The van der Waals surface area contributed by atoms with Crippen LogP contribution in [0, 0.1) is 17.8 Å². The van der Waals surface area contributed by atoms with E-state index in [1.54, 1.807) is 0 Å². The van der Waals surface area contributed by atoms with Gasteiger partial charge in [-0.05, 0) is 24.2 Å². The number of hydrogen-bond donors (Lipinski definition) is 1. The molecule has 0 aliphatic carbocycles. The van der Waals surface area contributed by atoms with E-state index in [1.165, 1.54) is 0 Å². The van der Waals surface area contributed by atoms with Gasteiger partial charge in [0.2, 0.25) is 0 Å². The lowest BCUT2D eigenvalue weighted by atomic mass is 9.76. The van der Waals surface area contributed by atoms with Crippen molar-refractivity contribution in [2.75, 3.05) is 0 Å². The van der Waals surface area contributed by atoms with Gasteiger partial charge in [0.1, 0.15) is 0 Å². The van der Waals surface area contributed by atoms with Crippen LogP contribution in [0.4, 0.5) is 0 Å². The van der Waals surface area contributed by atoms with Crippen LogP contribution in [0.2, 0.25) is 0 Å². The standard InChI is InChI=1S/C10H19O2/c1-5-10(3,4)8(2)6-7-9(11)12/h5,8H,6-7H2,1-4H3,(H,11,12). The average Bonchev–Trinajstić information content (AvgIpc) is 2.00. The molecule has 1 unspecified atom stereocenters. The molecule has 0 fully saturated rings. The summed E-state index contributed by atoms with van der Waals surface area (Å²) in [6, 6.07) is 0. The maximum atomic E-state index is 10.3. The Labute approximate surface area is 75.0 Å². The summed E-state index contributed by atoms with van der Waals surface area (Å²) < 4.78 is 0. The third kappa shape index (κ3) is 3.74. The molecule has 2 nitrogen and oxygen atoms in total. The van der Waals surface area contributed by atoms with Crippen LogP contribution in [0.3, 0.4) is 0 Å². The fraction of sp³-hybridized carbons (Fsp3) is 0.800. The molecule has 2 heteroatoms. The average molecular weight is 171 g/mol. The smallest absolute Gasteiger partial charge is 0.303 e. The zero-order chi connectivity index (χ0) is 9.78. The highest BCUT2D eigenvalue weighted by Gasteiger charge is 2.23. The van der Waals surface area contributed by atoms with Gasteiger partial charge in [0, 0.05) is 6.42 Å². The summed E-state index contributed by atoms with van der Waals surface area (Å²) >= 11 is 0. The number of hydrogen-bond acceptors (Lipinski definition) is 1. The Morgan fingerprint density at radius 1 is 1.58 bits per heavy atom. The minimum Gasteiger partial charge on any atom is -0.481 e. The summed E-state index contributed by atoms with van der Waals surface area (Å²) in [6.07, 6.45) is 3.17. The van der Waals surface area contributed by atoms with Crippen molar-refractivity contribution in [1.82, 2.24) is 0 Å². The number of carboxylic acids is 1. The second-order valence-corrected chi connectivity index (χ2v) is 3.94. The number of carbonyl (C=O) groups is 1. The molecule has 1 N–H and O–H groups in total. The van der Waals surface area contributed by atoms with Gasteiger partial charge >= 0.3 is 5.97 Å². The topological polar surface area (TPSA) is 37.3 Å². The molecule has 0 aliphatic heterocycles. The van der Waals surface area contributed by atoms with E-state index in [2.05, 4.69) is 27.2 Å². The Balaban J connectivity index is 3.86. The largest absolute Gasteiger partial charge is 0.481 e. The molecular formula is C10H19O2. The number of aliphatic carboxylic acids is 1. The van der Waals surface area contributed by atoms with Gasteiger partial charge in [-0.15, -0.1) is 0 Å². The summed E-state index contributed by atoms with van der Waals surface area (Å²) in [4.78, 5) is 10.3. The van der Waals surface area contributed by atoms with Crippen molar-refractivity contribution < 1.29 is 9.90 Å². The molecule has 0 bridgehead atoms. The first-order valence-corrected chi connectivity index (χ1v) is 4.42. The fourth-order valence-corrected chi connectivity index (χ4v) is 0.997. The zero-order valence-corrected chi connectivity index (χ0v) is 8.42. The summed E-state index contributed by atoms with van der Waals surface area (Å²) in [7, 11) is 0. The van der Waals surface area contributed by atoms with Crippen LogP contribution in [0.15, 0.2) is 0 Å². The molecule has 1 atom stereocenters. The van der Waals surface area contributed by atoms with Crippen LogP contribution < -0.4 is 0 Å². The van der Waals surface area contributed by atoms with Crippen LogP contribution in [0.5, 0.6) is 0 Å². The summed E-state index contributed by atoms with van der Waals surface area (Å²) in [5.74, 6) is -0.271. The van der Waals surface area contributed by atoms with Gasteiger partial charge in [-0.3, -0.25) is 4.79 Å². The molecule has 0 aromatic heterocycles. The van der Waals surface area contributed by atoms with Gasteiger partial charge in [0.25, 0.3) is 0 Å². The Morgan fingerprint density at radius 3 is 2.42 bits per heavy atom. The van der Waals surface area contributed by atoms with Crippen molar-refractivity contribution >= 4 is 5.97 Å². The van der Waals surface area contributed by atoms with Crippen molar-refractivity contribution in [3.63, 3.8) is 0 Å². The second kappa shape index (κ2) is 4.48. The maximum Gasteiger partial charge on any atom is 0.303 e. The predicted molar refractivity (Wildman–Crippen MR) is 49.8 cm³/mol. The minimum absolute atomic E-state index is 0.148. The minimum atomic E-state index is -0.700. The molecule has 0 heterocycles. The van der Waals surface area contributed by atoms with Gasteiger partial charge in [0.15, 0.2) is 0 Å². The van der Waals surface area contributed by atoms with Crippen LogP contribution in [-0.4, -0.2) is 11.1 Å². The van der Waals surface area contributed by atoms with Crippen molar-refractivity contribution in [2.45, 2.75) is 40.5 Å². The molecular weight excluding hydrogens is 152 g/mol. The zero-order valence-electron chi connectivity index (χ0n) is 8.42. The van der Waals surface area contributed by atoms with Crippen LogP contribution >= 0.6 is 0 Å². The Bertz CT molecular complexity index is 150. The van der Waals surface area contributed by atoms with Crippen LogP contribution in [0.1, 0.15) is 40.5 Å². The highest BCUT2D eigenvalue weighted by molar-refractivity contribution is 5.66. The second-order valence-electron chi connectivity index (χ2n) is 3.94. The first kappa shape index (κ1) is 11.5.